The van der Waals surface area contributed by atoms with Crippen molar-refractivity contribution in [3.05, 3.63) is 58.1 Å². The molecule has 2 rings (SSSR count). The molecule has 116 valence electrons. The first-order chi connectivity index (χ1) is 10.5. The van der Waals surface area contributed by atoms with Gasteiger partial charge in [-0.15, -0.1) is 0 Å². The number of nitrogens with one attached hydrogen (secondary N) is 2. The van der Waals surface area contributed by atoms with Gasteiger partial charge in [0.05, 0.1) is 17.6 Å². The molecule has 3 nitrogen and oxygen atoms in total. The molecule has 0 saturated heterocycles. The Hall–Kier alpha value is -1.59. The van der Waals surface area contributed by atoms with Crippen molar-refractivity contribution in [3.8, 4) is 5.75 Å². The number of methoxy groups -OCH3 is 1. The van der Waals surface area contributed by atoms with E-state index in [-0.39, 0.29) is 6.04 Å². The Labute approximate surface area is 145 Å². The molecule has 22 heavy (non-hydrogen) atoms. The molecule has 0 heterocycles. The van der Waals surface area contributed by atoms with Gasteiger partial charge in [-0.1, -0.05) is 24.3 Å². The molecule has 0 aliphatic heterocycles. The lowest BCUT2D eigenvalue weighted by Gasteiger charge is -2.19. The second-order valence-electron chi connectivity index (χ2n) is 5.03. The molecule has 5 heteroatoms. The Kier molecular flexibility index (Phi) is 5.80. The Bertz CT molecular complexity index is 675. The van der Waals surface area contributed by atoms with Crippen LogP contribution in [-0.4, -0.2) is 12.2 Å². The van der Waals surface area contributed by atoms with E-state index < -0.39 is 0 Å². The van der Waals surface area contributed by atoms with E-state index in [2.05, 4.69) is 46.5 Å². The quantitative estimate of drug-likeness (QED) is 0.747. The van der Waals surface area contributed by atoms with Gasteiger partial charge in [0.1, 0.15) is 5.75 Å². The summed E-state index contributed by atoms with van der Waals surface area (Å²) in [4.78, 5) is 0. The molecule has 1 atom stereocenters. The summed E-state index contributed by atoms with van der Waals surface area (Å²) < 4.78 is 6.18. The first-order valence-corrected chi connectivity index (χ1v) is 8.18. The van der Waals surface area contributed by atoms with Crippen LogP contribution < -0.4 is 15.4 Å². The van der Waals surface area contributed by atoms with Crippen molar-refractivity contribution in [1.29, 1.82) is 0 Å². The molecular formula is C17H19BrN2OS. The Morgan fingerprint density at radius 2 is 1.95 bits per heavy atom. The Balaban J connectivity index is 2.02. The van der Waals surface area contributed by atoms with Gasteiger partial charge in [-0.3, -0.25) is 0 Å². The van der Waals surface area contributed by atoms with Crippen molar-refractivity contribution >= 4 is 38.9 Å². The summed E-state index contributed by atoms with van der Waals surface area (Å²) in [6, 6.07) is 14.1. The first kappa shape index (κ1) is 16.8. The highest BCUT2D eigenvalue weighted by Crippen LogP contribution is 2.28. The number of rotatable bonds is 4. The Morgan fingerprint density at radius 3 is 2.59 bits per heavy atom. The lowest BCUT2D eigenvalue weighted by molar-refractivity contribution is 0.412. The number of benzene rings is 2. The fourth-order valence-corrected chi connectivity index (χ4v) is 2.95. The topological polar surface area (TPSA) is 33.3 Å². The predicted octanol–water partition coefficient (Wildman–Crippen LogP) is 4.81. The minimum absolute atomic E-state index is 0.0891. The highest BCUT2D eigenvalue weighted by atomic mass is 79.9. The van der Waals surface area contributed by atoms with Gasteiger partial charge in [0.15, 0.2) is 5.11 Å². The molecule has 0 radical (unpaired) electrons. The molecule has 0 amide bonds. The fraction of sp³-hybridized carbons (Fsp3) is 0.235. The van der Waals surface area contributed by atoms with E-state index in [9.17, 15) is 0 Å². The number of anilines is 1. The Morgan fingerprint density at radius 1 is 1.23 bits per heavy atom. The van der Waals surface area contributed by atoms with Gasteiger partial charge in [-0.2, -0.15) is 0 Å². The van der Waals surface area contributed by atoms with Gasteiger partial charge in [0.2, 0.25) is 0 Å². The average molecular weight is 379 g/mol. The highest BCUT2D eigenvalue weighted by molar-refractivity contribution is 9.10. The van der Waals surface area contributed by atoms with Crippen LogP contribution in [0.25, 0.3) is 0 Å². The molecule has 0 unspecified atom stereocenters. The van der Waals surface area contributed by atoms with Crippen LogP contribution in [-0.2, 0) is 0 Å². The van der Waals surface area contributed by atoms with Crippen LogP contribution >= 0.6 is 28.1 Å². The second kappa shape index (κ2) is 7.61. The van der Waals surface area contributed by atoms with Gasteiger partial charge in [0, 0.05) is 5.69 Å². The van der Waals surface area contributed by atoms with Crippen molar-refractivity contribution in [3.63, 3.8) is 0 Å². The second-order valence-corrected chi connectivity index (χ2v) is 6.29. The molecule has 0 bridgehead atoms. The summed E-state index contributed by atoms with van der Waals surface area (Å²) in [6.45, 7) is 4.12. The maximum Gasteiger partial charge on any atom is 0.171 e. The van der Waals surface area contributed by atoms with Crippen LogP contribution in [0.2, 0.25) is 0 Å². The zero-order valence-corrected chi connectivity index (χ0v) is 15.2. The van der Waals surface area contributed by atoms with E-state index >= 15 is 0 Å². The average Bonchev–Trinajstić information content (AvgIpc) is 2.49. The first-order valence-electron chi connectivity index (χ1n) is 6.98. The van der Waals surface area contributed by atoms with Crippen molar-refractivity contribution < 1.29 is 4.74 Å². The molecule has 0 fully saturated rings. The summed E-state index contributed by atoms with van der Waals surface area (Å²) in [7, 11) is 1.66. The maximum atomic E-state index is 5.39. The van der Waals surface area contributed by atoms with E-state index in [1.807, 2.05) is 36.4 Å². The van der Waals surface area contributed by atoms with Crippen LogP contribution in [0, 0.1) is 6.92 Å². The molecule has 2 aromatic rings. The lowest BCUT2D eigenvalue weighted by Crippen LogP contribution is -2.31. The molecule has 0 aliphatic carbocycles. The minimum atomic E-state index is 0.0891. The molecule has 0 spiro atoms. The highest BCUT2D eigenvalue weighted by Gasteiger charge is 2.10. The van der Waals surface area contributed by atoms with Gasteiger partial charge in [0.25, 0.3) is 0 Å². The van der Waals surface area contributed by atoms with E-state index in [0.29, 0.717) is 5.11 Å². The number of halogens is 1. The van der Waals surface area contributed by atoms with Crippen molar-refractivity contribution in [1.82, 2.24) is 5.32 Å². The van der Waals surface area contributed by atoms with Crippen molar-refractivity contribution in [2.45, 2.75) is 19.9 Å². The van der Waals surface area contributed by atoms with Gasteiger partial charge < -0.3 is 15.4 Å². The van der Waals surface area contributed by atoms with E-state index in [0.717, 1.165) is 27.0 Å². The normalized spacial score (nSPS) is 11.6. The molecular weight excluding hydrogens is 360 g/mol. The summed E-state index contributed by atoms with van der Waals surface area (Å²) in [5.41, 5.74) is 3.30. The third-order valence-corrected chi connectivity index (χ3v) is 4.26. The maximum absolute atomic E-state index is 5.39. The van der Waals surface area contributed by atoms with Crippen LogP contribution in [0.5, 0.6) is 5.75 Å². The molecule has 0 aromatic heterocycles. The summed E-state index contributed by atoms with van der Waals surface area (Å²) in [5.74, 6) is 0.816. The summed E-state index contributed by atoms with van der Waals surface area (Å²) >= 11 is 8.90. The van der Waals surface area contributed by atoms with E-state index in [4.69, 9.17) is 17.0 Å². The standard InChI is InChI=1S/C17H19BrN2OS/c1-11-6-4-5-7-15(11)20-17(22)19-12(2)13-8-9-16(21-3)14(18)10-13/h4-10,12H,1-3H3,(H2,19,20,22)/t12-/m1/s1. The number of para-hydroxylation sites is 1. The predicted molar refractivity (Wildman–Crippen MR) is 99.6 cm³/mol. The van der Waals surface area contributed by atoms with Gasteiger partial charge >= 0.3 is 0 Å². The number of aryl methyl sites for hydroxylation is 1. The molecule has 2 N–H and O–H groups in total. The zero-order valence-electron chi connectivity index (χ0n) is 12.8. The molecule has 2 aromatic carbocycles. The summed E-state index contributed by atoms with van der Waals surface area (Å²) in [5, 5.41) is 7.13. The SMILES string of the molecule is COc1ccc([C@@H](C)NC(=S)Nc2ccccc2C)cc1Br. The number of ether oxygens (including phenoxy) is 1. The molecule has 0 saturated carbocycles. The lowest BCUT2D eigenvalue weighted by atomic mass is 10.1. The number of hydrogen-bond acceptors (Lipinski definition) is 2. The smallest absolute Gasteiger partial charge is 0.171 e. The van der Waals surface area contributed by atoms with Crippen molar-refractivity contribution in [2.75, 3.05) is 12.4 Å². The number of thiocarbonyl (C=S) groups is 1. The van der Waals surface area contributed by atoms with Crippen LogP contribution in [0.1, 0.15) is 24.1 Å². The van der Waals surface area contributed by atoms with Gasteiger partial charge in [-0.25, -0.2) is 0 Å². The van der Waals surface area contributed by atoms with E-state index in [1.54, 1.807) is 7.11 Å². The third kappa shape index (κ3) is 4.21. The fourth-order valence-electron chi connectivity index (χ4n) is 2.10. The van der Waals surface area contributed by atoms with Crippen LogP contribution in [0.15, 0.2) is 46.9 Å². The molecule has 0 aliphatic rings. The summed E-state index contributed by atoms with van der Waals surface area (Å²) in [6.07, 6.45) is 0. The van der Waals surface area contributed by atoms with Crippen LogP contribution in [0.4, 0.5) is 5.69 Å². The third-order valence-electron chi connectivity index (χ3n) is 3.42. The largest absolute Gasteiger partial charge is 0.496 e. The zero-order chi connectivity index (χ0) is 16.1. The minimum Gasteiger partial charge on any atom is -0.496 e. The number of hydrogen-bond donors (Lipinski definition) is 2. The monoisotopic (exact) mass is 378 g/mol. The van der Waals surface area contributed by atoms with Gasteiger partial charge in [-0.05, 0) is 71.3 Å². The van der Waals surface area contributed by atoms with Crippen molar-refractivity contribution in [2.24, 2.45) is 0 Å². The van der Waals surface area contributed by atoms with Crippen LogP contribution in [0.3, 0.4) is 0 Å². The van der Waals surface area contributed by atoms with E-state index in [1.165, 1.54) is 0 Å².